The van der Waals surface area contributed by atoms with E-state index >= 15 is 0 Å². The first-order valence-electron chi connectivity index (χ1n) is 10.6. The topological polar surface area (TPSA) is 52.7 Å². The molecule has 0 radical (unpaired) electrons. The Hall–Kier alpha value is -2.66. The van der Waals surface area contributed by atoms with Crippen LogP contribution in [0.5, 0.6) is 0 Å². The van der Waals surface area contributed by atoms with Crippen LogP contribution in [-0.4, -0.2) is 54.3 Å². The Morgan fingerprint density at radius 3 is 2.24 bits per heavy atom. The zero-order valence-electron chi connectivity index (χ0n) is 17.4. The summed E-state index contributed by atoms with van der Waals surface area (Å²) in [5, 5.41) is 3.03. The van der Waals surface area contributed by atoms with Crippen LogP contribution in [-0.2, 0) is 16.0 Å². The van der Waals surface area contributed by atoms with E-state index in [1.807, 2.05) is 59.5 Å². The number of rotatable bonds is 7. The Bertz CT molecular complexity index is 814. The smallest absolute Gasteiger partial charge is 0.238 e. The number of nitrogens with one attached hydrogen (secondary N) is 1. The Morgan fingerprint density at radius 2 is 1.59 bits per heavy atom. The average molecular weight is 394 g/mol. The molecule has 2 aromatic rings. The third-order valence-electron chi connectivity index (χ3n) is 5.63. The third kappa shape index (κ3) is 5.45. The van der Waals surface area contributed by atoms with Gasteiger partial charge in [-0.1, -0.05) is 62.4 Å². The van der Waals surface area contributed by atoms with Gasteiger partial charge in [0.25, 0.3) is 0 Å². The summed E-state index contributed by atoms with van der Waals surface area (Å²) < 4.78 is 0. The van der Waals surface area contributed by atoms with E-state index in [1.165, 1.54) is 0 Å². The van der Waals surface area contributed by atoms with Crippen LogP contribution in [0.25, 0.3) is 0 Å². The molecule has 0 bridgehead atoms. The molecule has 1 aliphatic rings. The van der Waals surface area contributed by atoms with Crippen LogP contribution in [0, 0.1) is 0 Å². The lowest BCUT2D eigenvalue weighted by Gasteiger charge is -2.36. The summed E-state index contributed by atoms with van der Waals surface area (Å²) in [7, 11) is 0. The number of nitrogens with zero attached hydrogens (tertiary/aromatic N) is 2. The van der Waals surface area contributed by atoms with Gasteiger partial charge in [-0.15, -0.1) is 0 Å². The highest BCUT2D eigenvalue weighted by atomic mass is 16.2. The van der Waals surface area contributed by atoms with Gasteiger partial charge in [0.15, 0.2) is 0 Å². The Labute approximate surface area is 173 Å². The number of hydrogen-bond donors (Lipinski definition) is 1. The van der Waals surface area contributed by atoms with Crippen molar-refractivity contribution < 1.29 is 9.59 Å². The molecule has 1 aliphatic heterocycles. The van der Waals surface area contributed by atoms with Gasteiger partial charge in [-0.2, -0.15) is 0 Å². The summed E-state index contributed by atoms with van der Waals surface area (Å²) in [4.78, 5) is 29.5. The van der Waals surface area contributed by atoms with E-state index < -0.39 is 0 Å². The molecule has 1 saturated heterocycles. The van der Waals surface area contributed by atoms with Gasteiger partial charge in [0.2, 0.25) is 11.8 Å². The van der Waals surface area contributed by atoms with Crippen molar-refractivity contribution in [3.8, 4) is 0 Å². The molecule has 2 amide bonds. The normalized spacial score (nSPS) is 15.7. The van der Waals surface area contributed by atoms with Crippen molar-refractivity contribution in [2.24, 2.45) is 0 Å². The highest BCUT2D eigenvalue weighted by Crippen LogP contribution is 2.23. The Morgan fingerprint density at radius 1 is 0.931 bits per heavy atom. The average Bonchev–Trinajstić information content (AvgIpc) is 2.76. The fourth-order valence-electron chi connectivity index (χ4n) is 3.93. The quantitative estimate of drug-likeness (QED) is 0.783. The molecule has 1 fully saturated rings. The van der Waals surface area contributed by atoms with E-state index in [0.717, 1.165) is 42.7 Å². The van der Waals surface area contributed by atoms with E-state index in [9.17, 15) is 9.59 Å². The van der Waals surface area contributed by atoms with Crippen LogP contribution in [0.2, 0.25) is 0 Å². The summed E-state index contributed by atoms with van der Waals surface area (Å²) in [5.74, 6) is 0.109. The summed E-state index contributed by atoms with van der Waals surface area (Å²) in [6, 6.07) is 17.9. The highest BCUT2D eigenvalue weighted by Gasteiger charge is 2.28. The second kappa shape index (κ2) is 10.2. The second-order valence-electron chi connectivity index (χ2n) is 7.53. The standard InChI is InChI=1S/C24H31N3O2/c1-3-19-10-8-9-13-22(19)25-23(28)18-26-14-16-27(17-15-26)24(29)21(4-2)20-11-6-5-7-12-20/h5-13,21H,3-4,14-18H2,1-2H3,(H,25,28). The number of carbonyl (C=O) groups is 2. The van der Waals surface area contributed by atoms with Gasteiger partial charge < -0.3 is 10.2 Å². The summed E-state index contributed by atoms with van der Waals surface area (Å²) in [6.45, 7) is 7.28. The lowest BCUT2D eigenvalue weighted by molar-refractivity contribution is -0.134. The molecule has 154 valence electrons. The van der Waals surface area contributed by atoms with Crippen molar-refractivity contribution in [2.45, 2.75) is 32.6 Å². The molecule has 3 rings (SSSR count). The Kier molecular flexibility index (Phi) is 7.42. The highest BCUT2D eigenvalue weighted by molar-refractivity contribution is 5.93. The SMILES string of the molecule is CCc1ccccc1NC(=O)CN1CCN(C(=O)C(CC)c2ccccc2)CC1. The van der Waals surface area contributed by atoms with Crippen LogP contribution >= 0.6 is 0 Å². The zero-order chi connectivity index (χ0) is 20.6. The number of amides is 2. The second-order valence-corrected chi connectivity index (χ2v) is 7.53. The lowest BCUT2D eigenvalue weighted by atomic mass is 9.95. The molecule has 5 heteroatoms. The molecule has 0 aliphatic carbocycles. The fourth-order valence-corrected chi connectivity index (χ4v) is 3.93. The maximum absolute atomic E-state index is 13.0. The number of piperazine rings is 1. The molecule has 2 aromatic carbocycles. The molecule has 0 spiro atoms. The summed E-state index contributed by atoms with van der Waals surface area (Å²) >= 11 is 0. The van der Waals surface area contributed by atoms with Gasteiger partial charge in [-0.3, -0.25) is 14.5 Å². The third-order valence-corrected chi connectivity index (χ3v) is 5.63. The van der Waals surface area contributed by atoms with Crippen molar-refractivity contribution in [3.05, 3.63) is 65.7 Å². The monoisotopic (exact) mass is 393 g/mol. The molecule has 0 aromatic heterocycles. The Balaban J connectivity index is 1.51. The van der Waals surface area contributed by atoms with Gasteiger partial charge in [0.1, 0.15) is 0 Å². The minimum absolute atomic E-state index is 0.00129. The van der Waals surface area contributed by atoms with Crippen LogP contribution in [0.4, 0.5) is 5.69 Å². The van der Waals surface area contributed by atoms with E-state index in [1.54, 1.807) is 0 Å². The van der Waals surface area contributed by atoms with Gasteiger partial charge in [0.05, 0.1) is 12.5 Å². The number of carbonyl (C=O) groups excluding carboxylic acids is 2. The first-order valence-corrected chi connectivity index (χ1v) is 10.6. The zero-order valence-corrected chi connectivity index (χ0v) is 17.4. The van der Waals surface area contributed by atoms with Crippen molar-refractivity contribution in [2.75, 3.05) is 38.0 Å². The maximum atomic E-state index is 13.0. The molecule has 1 N–H and O–H groups in total. The van der Waals surface area contributed by atoms with E-state index in [4.69, 9.17) is 0 Å². The van der Waals surface area contributed by atoms with Crippen molar-refractivity contribution in [1.82, 2.24) is 9.80 Å². The van der Waals surface area contributed by atoms with Crippen LogP contribution in [0.3, 0.4) is 0 Å². The maximum Gasteiger partial charge on any atom is 0.238 e. The molecular formula is C24H31N3O2. The molecule has 1 atom stereocenters. The largest absolute Gasteiger partial charge is 0.340 e. The molecule has 0 saturated carbocycles. The van der Waals surface area contributed by atoms with Crippen molar-refractivity contribution in [3.63, 3.8) is 0 Å². The van der Waals surface area contributed by atoms with Crippen LogP contribution < -0.4 is 5.32 Å². The van der Waals surface area contributed by atoms with E-state index in [2.05, 4.69) is 24.1 Å². The van der Waals surface area contributed by atoms with E-state index in [0.29, 0.717) is 19.6 Å². The predicted octanol–water partition coefficient (Wildman–Crippen LogP) is 3.53. The van der Waals surface area contributed by atoms with Gasteiger partial charge in [-0.05, 0) is 30.0 Å². The molecule has 1 heterocycles. The number of anilines is 1. The van der Waals surface area contributed by atoms with Crippen LogP contribution in [0.15, 0.2) is 54.6 Å². The van der Waals surface area contributed by atoms with Gasteiger partial charge in [0, 0.05) is 31.9 Å². The van der Waals surface area contributed by atoms with Crippen LogP contribution in [0.1, 0.15) is 37.3 Å². The van der Waals surface area contributed by atoms with Crippen molar-refractivity contribution >= 4 is 17.5 Å². The first-order chi connectivity index (χ1) is 14.1. The number of hydrogen-bond acceptors (Lipinski definition) is 3. The molecule has 1 unspecified atom stereocenters. The summed E-state index contributed by atoms with van der Waals surface area (Å²) in [5.41, 5.74) is 3.11. The first kappa shape index (κ1) is 21.1. The van der Waals surface area contributed by atoms with Gasteiger partial charge >= 0.3 is 0 Å². The summed E-state index contributed by atoms with van der Waals surface area (Å²) in [6.07, 6.45) is 1.68. The molecular weight excluding hydrogens is 362 g/mol. The molecule has 5 nitrogen and oxygen atoms in total. The fraction of sp³-hybridized carbons (Fsp3) is 0.417. The predicted molar refractivity (Wildman–Crippen MR) is 117 cm³/mol. The molecule has 29 heavy (non-hydrogen) atoms. The van der Waals surface area contributed by atoms with Crippen molar-refractivity contribution in [1.29, 1.82) is 0 Å². The number of aryl methyl sites for hydroxylation is 1. The minimum atomic E-state index is -0.0865. The lowest BCUT2D eigenvalue weighted by Crippen LogP contribution is -2.51. The van der Waals surface area contributed by atoms with E-state index in [-0.39, 0.29) is 17.7 Å². The number of para-hydroxylation sites is 1. The minimum Gasteiger partial charge on any atom is -0.340 e. The van der Waals surface area contributed by atoms with Gasteiger partial charge in [-0.25, -0.2) is 0 Å². The number of benzene rings is 2.